The summed E-state index contributed by atoms with van der Waals surface area (Å²) in [6.07, 6.45) is 1.76. The van der Waals surface area contributed by atoms with E-state index in [0.29, 0.717) is 50.7 Å². The molecule has 3 heterocycles. The van der Waals surface area contributed by atoms with Gasteiger partial charge in [-0.05, 0) is 55.2 Å². The predicted molar refractivity (Wildman–Crippen MR) is 138 cm³/mol. The number of thiazole rings is 1. The molecule has 8 nitrogen and oxygen atoms in total. The zero-order chi connectivity index (χ0) is 24.6. The van der Waals surface area contributed by atoms with Crippen molar-refractivity contribution in [3.63, 3.8) is 0 Å². The summed E-state index contributed by atoms with van der Waals surface area (Å²) in [5.41, 5.74) is 1.37. The molecule has 3 aromatic rings. The number of rotatable bonds is 5. The lowest BCUT2D eigenvalue weighted by Gasteiger charge is -2.34. The van der Waals surface area contributed by atoms with Crippen LogP contribution in [0.5, 0.6) is 5.75 Å². The van der Waals surface area contributed by atoms with Crippen molar-refractivity contribution in [1.82, 2.24) is 14.2 Å². The van der Waals surface area contributed by atoms with Gasteiger partial charge in [0.15, 0.2) is 5.13 Å². The van der Waals surface area contributed by atoms with Gasteiger partial charge in [-0.3, -0.25) is 4.79 Å². The average molecular weight is 515 g/mol. The number of sulfonamides is 1. The lowest BCUT2D eigenvalue weighted by atomic mass is 10.0. The molecular weight excluding hydrogens is 484 g/mol. The van der Waals surface area contributed by atoms with E-state index in [1.807, 2.05) is 23.1 Å². The Morgan fingerprint density at radius 1 is 1.00 bits per heavy atom. The van der Waals surface area contributed by atoms with Crippen molar-refractivity contribution in [1.29, 1.82) is 0 Å². The summed E-state index contributed by atoms with van der Waals surface area (Å²) in [4.78, 5) is 22.1. The first-order valence-electron chi connectivity index (χ1n) is 11.9. The van der Waals surface area contributed by atoms with Crippen LogP contribution in [-0.4, -0.2) is 74.9 Å². The van der Waals surface area contributed by atoms with E-state index in [9.17, 15) is 13.2 Å². The van der Waals surface area contributed by atoms with Gasteiger partial charge in [0.25, 0.3) is 5.91 Å². The maximum absolute atomic E-state index is 13.1. The maximum atomic E-state index is 13.1. The molecule has 0 spiro atoms. The highest BCUT2D eigenvalue weighted by molar-refractivity contribution is 7.89. The summed E-state index contributed by atoms with van der Waals surface area (Å²) in [6, 6.07) is 12.3. The Kier molecular flexibility index (Phi) is 6.69. The van der Waals surface area contributed by atoms with E-state index >= 15 is 0 Å². The van der Waals surface area contributed by atoms with Crippen molar-refractivity contribution in [3.05, 3.63) is 48.0 Å². The first-order valence-corrected chi connectivity index (χ1v) is 14.2. The molecule has 0 radical (unpaired) electrons. The number of piperidine rings is 1. The van der Waals surface area contributed by atoms with Gasteiger partial charge in [-0.25, -0.2) is 13.4 Å². The Balaban J connectivity index is 1.23. The van der Waals surface area contributed by atoms with E-state index in [2.05, 4.69) is 11.8 Å². The van der Waals surface area contributed by atoms with Crippen LogP contribution in [0.1, 0.15) is 30.1 Å². The van der Waals surface area contributed by atoms with Crippen LogP contribution in [-0.2, 0) is 10.0 Å². The third-order valence-corrected chi connectivity index (χ3v) is 9.90. The van der Waals surface area contributed by atoms with Crippen LogP contribution >= 0.6 is 11.3 Å². The molecule has 0 N–H and O–H groups in total. The Bertz CT molecular complexity index is 1310. The number of benzene rings is 2. The Morgan fingerprint density at radius 2 is 1.69 bits per heavy atom. The van der Waals surface area contributed by atoms with E-state index in [-0.39, 0.29) is 10.8 Å². The molecule has 2 aliphatic heterocycles. The summed E-state index contributed by atoms with van der Waals surface area (Å²) < 4.78 is 34.0. The number of nitrogens with zero attached hydrogens (tertiary/aromatic N) is 4. The minimum atomic E-state index is -3.52. The number of ether oxygens (including phenoxy) is 1. The second kappa shape index (κ2) is 9.75. The van der Waals surface area contributed by atoms with Gasteiger partial charge in [0.1, 0.15) is 11.3 Å². The molecule has 2 fully saturated rings. The summed E-state index contributed by atoms with van der Waals surface area (Å²) in [5, 5.41) is 0.929. The Hall–Kier alpha value is -2.69. The molecule has 35 heavy (non-hydrogen) atoms. The van der Waals surface area contributed by atoms with E-state index in [1.165, 1.54) is 0 Å². The van der Waals surface area contributed by atoms with E-state index < -0.39 is 10.0 Å². The predicted octanol–water partition coefficient (Wildman–Crippen LogP) is 3.69. The van der Waals surface area contributed by atoms with Gasteiger partial charge in [-0.2, -0.15) is 4.31 Å². The summed E-state index contributed by atoms with van der Waals surface area (Å²) in [6.45, 7) is 5.80. The Labute approximate surface area is 210 Å². The molecule has 1 amide bonds. The lowest BCUT2D eigenvalue weighted by molar-refractivity contribution is 0.0746. The van der Waals surface area contributed by atoms with Gasteiger partial charge in [0.05, 0.1) is 16.7 Å². The second-order valence-corrected chi connectivity index (χ2v) is 12.1. The molecular formula is C25H30N4O4S2. The standard InChI is InChI=1S/C25H30N4O4S2/c1-18-10-12-29(13-11-18)35(31,32)20-8-6-19(7-9-20)24(30)27-14-16-28(17-15-27)25-26-23-21(33-2)4-3-5-22(23)34-25/h3-9,18H,10-17H2,1-2H3. The average Bonchev–Trinajstić information content (AvgIpc) is 3.33. The molecule has 1 aromatic heterocycles. The highest BCUT2D eigenvalue weighted by atomic mass is 32.2. The number of para-hydroxylation sites is 1. The first kappa shape index (κ1) is 24.0. The maximum Gasteiger partial charge on any atom is 0.253 e. The number of methoxy groups -OCH3 is 1. The summed E-state index contributed by atoms with van der Waals surface area (Å²) in [5.74, 6) is 1.24. The van der Waals surface area contributed by atoms with E-state index in [0.717, 1.165) is 33.9 Å². The number of fused-ring (bicyclic) bond motifs is 1. The molecule has 0 unspecified atom stereocenters. The number of amides is 1. The number of hydrogen-bond acceptors (Lipinski definition) is 7. The van der Waals surface area contributed by atoms with Crippen LogP contribution in [0.4, 0.5) is 5.13 Å². The molecule has 0 atom stereocenters. The number of aromatic nitrogens is 1. The normalized spacial score (nSPS) is 18.2. The van der Waals surface area contributed by atoms with Crippen molar-refractivity contribution < 1.29 is 17.9 Å². The Morgan fingerprint density at radius 3 is 2.34 bits per heavy atom. The number of carbonyl (C=O) groups is 1. The fraction of sp³-hybridized carbons (Fsp3) is 0.440. The smallest absolute Gasteiger partial charge is 0.253 e. The molecule has 186 valence electrons. The quantitative estimate of drug-likeness (QED) is 0.517. The number of hydrogen-bond donors (Lipinski definition) is 0. The highest BCUT2D eigenvalue weighted by Gasteiger charge is 2.29. The molecule has 0 aliphatic carbocycles. The molecule has 2 aromatic carbocycles. The zero-order valence-electron chi connectivity index (χ0n) is 20.0. The second-order valence-electron chi connectivity index (χ2n) is 9.19. The third kappa shape index (κ3) is 4.74. The summed E-state index contributed by atoms with van der Waals surface area (Å²) in [7, 11) is -1.87. The van der Waals surface area contributed by atoms with Crippen LogP contribution in [0.15, 0.2) is 47.4 Å². The summed E-state index contributed by atoms with van der Waals surface area (Å²) >= 11 is 1.63. The monoisotopic (exact) mass is 514 g/mol. The molecule has 2 saturated heterocycles. The fourth-order valence-electron chi connectivity index (χ4n) is 4.64. The fourth-order valence-corrected chi connectivity index (χ4v) is 7.14. The topological polar surface area (TPSA) is 83.0 Å². The molecule has 2 aliphatic rings. The van der Waals surface area contributed by atoms with Crippen LogP contribution in [0.3, 0.4) is 0 Å². The van der Waals surface area contributed by atoms with Crippen LogP contribution in [0.25, 0.3) is 10.2 Å². The molecule has 10 heteroatoms. The largest absolute Gasteiger partial charge is 0.494 e. The van der Waals surface area contributed by atoms with Crippen molar-refractivity contribution >= 4 is 42.6 Å². The van der Waals surface area contributed by atoms with Crippen molar-refractivity contribution in [2.45, 2.75) is 24.7 Å². The van der Waals surface area contributed by atoms with Gasteiger partial charge < -0.3 is 14.5 Å². The number of carbonyl (C=O) groups excluding carboxylic acids is 1. The van der Waals surface area contributed by atoms with Gasteiger partial charge in [-0.15, -0.1) is 0 Å². The highest BCUT2D eigenvalue weighted by Crippen LogP contribution is 2.34. The van der Waals surface area contributed by atoms with Gasteiger partial charge >= 0.3 is 0 Å². The minimum Gasteiger partial charge on any atom is -0.494 e. The van der Waals surface area contributed by atoms with E-state index in [1.54, 1.807) is 47.0 Å². The molecule has 5 rings (SSSR count). The van der Waals surface area contributed by atoms with Gasteiger partial charge in [-0.1, -0.05) is 24.3 Å². The number of piperazine rings is 1. The van der Waals surface area contributed by atoms with Gasteiger partial charge in [0.2, 0.25) is 10.0 Å². The van der Waals surface area contributed by atoms with Crippen LogP contribution in [0, 0.1) is 5.92 Å². The third-order valence-electron chi connectivity index (χ3n) is 6.91. The first-order chi connectivity index (χ1) is 16.9. The molecule has 0 saturated carbocycles. The molecule has 0 bridgehead atoms. The van der Waals surface area contributed by atoms with Crippen LogP contribution < -0.4 is 9.64 Å². The minimum absolute atomic E-state index is 0.0774. The van der Waals surface area contributed by atoms with Crippen molar-refractivity contribution in [2.75, 3.05) is 51.3 Å². The zero-order valence-corrected chi connectivity index (χ0v) is 21.6. The van der Waals surface area contributed by atoms with Gasteiger partial charge in [0, 0.05) is 44.8 Å². The SMILES string of the molecule is COc1cccc2sc(N3CCN(C(=O)c4ccc(S(=O)(=O)N5CCC(C)CC5)cc4)CC3)nc12. The van der Waals surface area contributed by atoms with Crippen molar-refractivity contribution in [3.8, 4) is 5.75 Å². The van der Waals surface area contributed by atoms with E-state index in [4.69, 9.17) is 9.72 Å². The lowest BCUT2D eigenvalue weighted by Crippen LogP contribution is -2.48. The van der Waals surface area contributed by atoms with Crippen molar-refractivity contribution in [2.24, 2.45) is 5.92 Å². The van der Waals surface area contributed by atoms with Crippen LogP contribution in [0.2, 0.25) is 0 Å². The number of anilines is 1.